The lowest BCUT2D eigenvalue weighted by Gasteiger charge is -2.37. The van der Waals surface area contributed by atoms with Crippen LogP contribution in [0, 0.1) is 16.0 Å². The van der Waals surface area contributed by atoms with Gasteiger partial charge in [-0.2, -0.15) is 0 Å². The van der Waals surface area contributed by atoms with Gasteiger partial charge in [-0.15, -0.1) is 0 Å². The molecule has 0 saturated carbocycles. The standard InChI is InChI=1S/C22H24N2O2/c1-22(2,3)15-9-7-14(8-10-15)21-18-6-4-5-17(18)19-13-16(24(25)26)11-12-20(19)23-21/h4-5,7-13,17-18,21,23H,6H2,1-3H3/t17-,18-,21+/m1/s1. The molecule has 1 aliphatic heterocycles. The van der Waals surface area contributed by atoms with Gasteiger partial charge in [-0.05, 0) is 40.5 Å². The highest BCUT2D eigenvalue weighted by atomic mass is 16.6. The smallest absolute Gasteiger partial charge is 0.269 e. The van der Waals surface area contributed by atoms with Crippen molar-refractivity contribution in [2.45, 2.75) is 44.6 Å². The maximum Gasteiger partial charge on any atom is 0.269 e. The molecule has 0 saturated heterocycles. The van der Waals surface area contributed by atoms with Crippen molar-refractivity contribution in [1.29, 1.82) is 0 Å². The van der Waals surface area contributed by atoms with E-state index in [1.165, 1.54) is 11.1 Å². The molecular weight excluding hydrogens is 324 g/mol. The molecule has 2 aromatic carbocycles. The van der Waals surface area contributed by atoms with E-state index in [2.05, 4.69) is 62.5 Å². The van der Waals surface area contributed by atoms with Gasteiger partial charge in [0.2, 0.25) is 0 Å². The molecule has 4 nitrogen and oxygen atoms in total. The Morgan fingerprint density at radius 2 is 1.85 bits per heavy atom. The van der Waals surface area contributed by atoms with E-state index in [1.54, 1.807) is 12.1 Å². The number of non-ortho nitro benzene ring substituents is 1. The Morgan fingerprint density at radius 3 is 2.50 bits per heavy atom. The number of nitro benzene ring substituents is 1. The maximum atomic E-state index is 11.1. The summed E-state index contributed by atoms with van der Waals surface area (Å²) in [6.07, 6.45) is 5.41. The molecule has 134 valence electrons. The van der Waals surface area contributed by atoms with Crippen LogP contribution in [0.2, 0.25) is 0 Å². The first-order valence-electron chi connectivity index (χ1n) is 9.16. The fourth-order valence-electron chi connectivity index (χ4n) is 4.22. The molecule has 0 fully saturated rings. The summed E-state index contributed by atoms with van der Waals surface area (Å²) in [4.78, 5) is 10.8. The van der Waals surface area contributed by atoms with Crippen LogP contribution in [0.15, 0.2) is 54.6 Å². The lowest BCUT2D eigenvalue weighted by atomic mass is 9.76. The molecule has 4 heteroatoms. The van der Waals surface area contributed by atoms with Crippen molar-refractivity contribution in [2.75, 3.05) is 5.32 Å². The molecule has 2 aromatic rings. The van der Waals surface area contributed by atoms with Crippen LogP contribution in [0.25, 0.3) is 0 Å². The van der Waals surface area contributed by atoms with Gasteiger partial charge in [-0.25, -0.2) is 0 Å². The molecule has 4 rings (SSSR count). The van der Waals surface area contributed by atoms with E-state index in [9.17, 15) is 10.1 Å². The Morgan fingerprint density at radius 1 is 1.12 bits per heavy atom. The van der Waals surface area contributed by atoms with Crippen molar-refractivity contribution in [3.8, 4) is 0 Å². The van der Waals surface area contributed by atoms with Gasteiger partial charge in [0.15, 0.2) is 0 Å². The highest BCUT2D eigenvalue weighted by molar-refractivity contribution is 5.63. The van der Waals surface area contributed by atoms with Crippen LogP contribution in [0.5, 0.6) is 0 Å². The number of allylic oxidation sites excluding steroid dienone is 2. The van der Waals surface area contributed by atoms with Gasteiger partial charge in [0.05, 0.1) is 11.0 Å². The number of fused-ring (bicyclic) bond motifs is 3. The Kier molecular flexibility index (Phi) is 3.87. The zero-order valence-corrected chi connectivity index (χ0v) is 15.4. The highest BCUT2D eigenvalue weighted by Gasteiger charge is 2.38. The number of hydrogen-bond donors (Lipinski definition) is 1. The van der Waals surface area contributed by atoms with Crippen molar-refractivity contribution in [3.63, 3.8) is 0 Å². The summed E-state index contributed by atoms with van der Waals surface area (Å²) in [5.74, 6) is 0.628. The minimum absolute atomic E-state index is 0.140. The molecule has 0 bridgehead atoms. The normalized spacial score (nSPS) is 23.9. The minimum atomic E-state index is -0.314. The third-order valence-corrected chi connectivity index (χ3v) is 5.69. The largest absolute Gasteiger partial charge is 0.378 e. The Hall–Kier alpha value is -2.62. The molecule has 0 aromatic heterocycles. The number of rotatable bonds is 2. The summed E-state index contributed by atoms with van der Waals surface area (Å²) in [6, 6.07) is 14.3. The predicted molar refractivity (Wildman–Crippen MR) is 105 cm³/mol. The van der Waals surface area contributed by atoms with Gasteiger partial charge >= 0.3 is 0 Å². The molecule has 1 heterocycles. The van der Waals surface area contributed by atoms with Gasteiger partial charge in [0.25, 0.3) is 5.69 Å². The summed E-state index contributed by atoms with van der Waals surface area (Å²) >= 11 is 0. The van der Waals surface area contributed by atoms with Crippen molar-refractivity contribution < 1.29 is 4.92 Å². The molecular formula is C22H24N2O2. The summed E-state index contributed by atoms with van der Waals surface area (Å²) in [6.45, 7) is 6.67. The van der Waals surface area contributed by atoms with Gasteiger partial charge in [0, 0.05) is 23.7 Å². The van der Waals surface area contributed by atoms with Crippen LogP contribution in [-0.4, -0.2) is 4.92 Å². The predicted octanol–water partition coefficient (Wildman–Crippen LogP) is 5.72. The topological polar surface area (TPSA) is 55.2 Å². The molecule has 2 aliphatic rings. The number of nitrogens with zero attached hydrogens (tertiary/aromatic N) is 1. The summed E-state index contributed by atoms with van der Waals surface area (Å²) in [5, 5.41) is 14.8. The van der Waals surface area contributed by atoms with E-state index in [-0.39, 0.29) is 28.0 Å². The first-order valence-corrected chi connectivity index (χ1v) is 9.16. The summed E-state index contributed by atoms with van der Waals surface area (Å²) in [7, 11) is 0. The van der Waals surface area contributed by atoms with Gasteiger partial charge in [-0.1, -0.05) is 57.2 Å². The lowest BCUT2D eigenvalue weighted by molar-refractivity contribution is -0.384. The third-order valence-electron chi connectivity index (χ3n) is 5.69. The number of nitrogens with one attached hydrogen (secondary N) is 1. The monoisotopic (exact) mass is 348 g/mol. The van der Waals surface area contributed by atoms with Gasteiger partial charge < -0.3 is 5.32 Å². The molecule has 0 amide bonds. The number of anilines is 1. The second kappa shape index (κ2) is 5.97. The van der Waals surface area contributed by atoms with Crippen LogP contribution < -0.4 is 5.32 Å². The fraction of sp³-hybridized carbons (Fsp3) is 0.364. The second-order valence-corrected chi connectivity index (χ2v) is 8.38. The van der Waals surface area contributed by atoms with Crippen LogP contribution >= 0.6 is 0 Å². The van der Waals surface area contributed by atoms with E-state index >= 15 is 0 Å². The molecule has 0 radical (unpaired) electrons. The fourth-order valence-corrected chi connectivity index (χ4v) is 4.22. The SMILES string of the molecule is CC(C)(C)c1ccc([C@@H]2Nc3ccc([N+](=O)[O-])cc3[C@@H]3C=CC[C@H]32)cc1. The molecule has 0 unspecified atom stereocenters. The van der Waals surface area contributed by atoms with E-state index in [4.69, 9.17) is 0 Å². The second-order valence-electron chi connectivity index (χ2n) is 8.38. The van der Waals surface area contributed by atoms with Crippen LogP contribution in [0.4, 0.5) is 11.4 Å². The molecule has 0 spiro atoms. The van der Waals surface area contributed by atoms with Crippen LogP contribution in [0.1, 0.15) is 55.8 Å². The zero-order chi connectivity index (χ0) is 18.5. The van der Waals surface area contributed by atoms with Crippen molar-refractivity contribution in [2.24, 2.45) is 5.92 Å². The van der Waals surface area contributed by atoms with E-state index in [0.717, 1.165) is 17.7 Å². The van der Waals surface area contributed by atoms with E-state index < -0.39 is 0 Å². The Labute approximate surface area is 154 Å². The lowest BCUT2D eigenvalue weighted by Crippen LogP contribution is -2.29. The van der Waals surface area contributed by atoms with Gasteiger partial charge in [0.1, 0.15) is 0 Å². The average molecular weight is 348 g/mol. The molecule has 26 heavy (non-hydrogen) atoms. The number of nitro groups is 1. The van der Waals surface area contributed by atoms with Crippen LogP contribution in [-0.2, 0) is 5.41 Å². The first-order chi connectivity index (χ1) is 12.3. The van der Waals surface area contributed by atoms with Crippen LogP contribution in [0.3, 0.4) is 0 Å². The first kappa shape index (κ1) is 16.8. The number of benzene rings is 2. The van der Waals surface area contributed by atoms with Crippen molar-refractivity contribution in [1.82, 2.24) is 0 Å². The summed E-state index contributed by atoms with van der Waals surface area (Å²) in [5.41, 5.74) is 4.96. The molecule has 3 atom stereocenters. The number of hydrogen-bond acceptors (Lipinski definition) is 3. The summed E-state index contributed by atoms with van der Waals surface area (Å²) < 4.78 is 0. The maximum absolute atomic E-state index is 11.1. The quantitative estimate of drug-likeness (QED) is 0.429. The molecule has 1 N–H and O–H groups in total. The molecule has 1 aliphatic carbocycles. The Bertz CT molecular complexity index is 878. The Balaban J connectivity index is 1.70. The van der Waals surface area contributed by atoms with E-state index in [0.29, 0.717) is 5.92 Å². The van der Waals surface area contributed by atoms with E-state index in [1.807, 2.05) is 6.07 Å². The van der Waals surface area contributed by atoms with Crippen molar-refractivity contribution in [3.05, 3.63) is 81.4 Å². The highest BCUT2D eigenvalue weighted by Crippen LogP contribution is 2.50. The third kappa shape index (κ3) is 2.79. The van der Waals surface area contributed by atoms with Gasteiger partial charge in [-0.3, -0.25) is 10.1 Å². The average Bonchev–Trinajstić information content (AvgIpc) is 3.10. The van der Waals surface area contributed by atoms with Crippen molar-refractivity contribution >= 4 is 11.4 Å². The zero-order valence-electron chi connectivity index (χ0n) is 15.4. The minimum Gasteiger partial charge on any atom is -0.378 e.